The van der Waals surface area contributed by atoms with Crippen molar-refractivity contribution >= 4 is 11.6 Å². The van der Waals surface area contributed by atoms with E-state index in [1.807, 2.05) is 5.43 Å². The minimum atomic E-state index is -0.513. The molecule has 0 unspecified atom stereocenters. The van der Waals surface area contributed by atoms with Crippen LogP contribution in [0.4, 0.5) is 0 Å². The number of hydrogen-bond acceptors (Lipinski definition) is 5. The van der Waals surface area contributed by atoms with Gasteiger partial charge in [0.1, 0.15) is 12.3 Å². The molecule has 1 amide bonds. The summed E-state index contributed by atoms with van der Waals surface area (Å²) in [7, 11) is 0. The zero-order valence-corrected chi connectivity index (χ0v) is 11.2. The zero-order valence-electron chi connectivity index (χ0n) is 11.2. The first-order chi connectivity index (χ1) is 10.1. The number of carbonyl (C=O) groups is 1. The number of hydrazine groups is 1. The quantitative estimate of drug-likeness (QED) is 0.402. The van der Waals surface area contributed by atoms with Crippen LogP contribution in [0.15, 0.2) is 39.7 Å². The number of amides is 1. The molecular formula is C13H13N5O3. The molecule has 3 rings (SSSR count). The van der Waals surface area contributed by atoms with Crippen LogP contribution in [0.25, 0.3) is 5.65 Å². The molecular weight excluding hydrogens is 274 g/mol. The number of carbonyl (C=O) groups excluding carboxylic acids is 1. The molecule has 0 aliphatic heterocycles. The van der Waals surface area contributed by atoms with E-state index in [2.05, 4.69) is 5.10 Å². The van der Waals surface area contributed by atoms with Gasteiger partial charge in [0.2, 0.25) is 0 Å². The Hall–Kier alpha value is -2.87. The molecule has 8 heteroatoms. The lowest BCUT2D eigenvalue weighted by molar-refractivity contribution is 0.0923. The summed E-state index contributed by atoms with van der Waals surface area (Å²) >= 11 is 0. The molecule has 0 aliphatic rings. The van der Waals surface area contributed by atoms with Gasteiger partial charge < -0.3 is 4.42 Å². The molecule has 0 saturated carbocycles. The van der Waals surface area contributed by atoms with Gasteiger partial charge in [0.05, 0.1) is 0 Å². The molecule has 3 aromatic rings. The summed E-state index contributed by atoms with van der Waals surface area (Å²) in [5.41, 5.74) is 2.93. The van der Waals surface area contributed by atoms with E-state index in [9.17, 15) is 9.59 Å². The molecule has 3 N–H and O–H groups in total. The monoisotopic (exact) mass is 287 g/mol. The number of pyridine rings is 1. The van der Waals surface area contributed by atoms with E-state index in [0.29, 0.717) is 17.0 Å². The largest absolute Gasteiger partial charge is 0.454 e. The van der Waals surface area contributed by atoms with Crippen LogP contribution < -0.4 is 17.0 Å². The van der Waals surface area contributed by atoms with Crippen LogP contribution in [0.2, 0.25) is 0 Å². The Morgan fingerprint density at radius 1 is 1.48 bits per heavy atom. The van der Waals surface area contributed by atoms with E-state index in [-0.39, 0.29) is 18.0 Å². The fourth-order valence-electron chi connectivity index (χ4n) is 2.14. The number of nitrogen functional groups attached to an aromatic ring is 1. The second-order valence-electron chi connectivity index (χ2n) is 4.57. The Balaban J connectivity index is 1.97. The van der Waals surface area contributed by atoms with E-state index >= 15 is 0 Å². The summed E-state index contributed by atoms with van der Waals surface area (Å²) in [6.45, 7) is 1.86. The third-order valence-corrected chi connectivity index (χ3v) is 3.10. The summed E-state index contributed by atoms with van der Waals surface area (Å²) in [6.07, 6.45) is 1.64. The second-order valence-corrected chi connectivity index (χ2v) is 4.57. The number of nitrogens with two attached hydrogens (primary N) is 1. The van der Waals surface area contributed by atoms with Crippen molar-refractivity contribution in [2.45, 2.75) is 13.5 Å². The molecule has 0 aliphatic carbocycles. The lowest BCUT2D eigenvalue weighted by Gasteiger charge is -1.96. The Morgan fingerprint density at radius 3 is 3.00 bits per heavy atom. The predicted molar refractivity (Wildman–Crippen MR) is 73.7 cm³/mol. The molecule has 21 heavy (non-hydrogen) atoms. The van der Waals surface area contributed by atoms with Gasteiger partial charge in [0.25, 0.3) is 0 Å². The predicted octanol–water partition coefficient (Wildman–Crippen LogP) is 0.0492. The maximum absolute atomic E-state index is 12.1. The van der Waals surface area contributed by atoms with E-state index in [1.54, 1.807) is 37.4 Å². The SMILES string of the molecule is Cc1cc(Cn2nc3ccccn3c2=O)oc1C(=O)NN. The first-order valence-electron chi connectivity index (χ1n) is 6.24. The van der Waals surface area contributed by atoms with Crippen molar-refractivity contribution < 1.29 is 9.21 Å². The van der Waals surface area contributed by atoms with E-state index < -0.39 is 5.91 Å². The Kier molecular flexibility index (Phi) is 3.07. The average molecular weight is 287 g/mol. The Labute approximate surface area is 118 Å². The van der Waals surface area contributed by atoms with Gasteiger partial charge in [-0.25, -0.2) is 15.3 Å². The molecule has 108 valence electrons. The molecule has 0 saturated heterocycles. The molecule has 3 aromatic heterocycles. The van der Waals surface area contributed by atoms with Crippen LogP contribution in [-0.4, -0.2) is 20.1 Å². The number of hydrogen-bond donors (Lipinski definition) is 2. The van der Waals surface area contributed by atoms with Crippen molar-refractivity contribution in [3.63, 3.8) is 0 Å². The van der Waals surface area contributed by atoms with Gasteiger partial charge in [0, 0.05) is 11.8 Å². The number of rotatable bonds is 3. The smallest absolute Gasteiger partial charge is 0.350 e. The average Bonchev–Trinajstić information content (AvgIpc) is 3.00. The first-order valence-corrected chi connectivity index (χ1v) is 6.24. The highest BCUT2D eigenvalue weighted by Gasteiger charge is 2.16. The first kappa shape index (κ1) is 13.1. The lowest BCUT2D eigenvalue weighted by Crippen LogP contribution is -2.30. The molecule has 3 heterocycles. The van der Waals surface area contributed by atoms with Gasteiger partial charge in [-0.1, -0.05) is 6.07 Å². The van der Waals surface area contributed by atoms with Crippen molar-refractivity contribution in [2.75, 3.05) is 0 Å². The molecule has 0 spiro atoms. The second kappa shape index (κ2) is 4.91. The van der Waals surface area contributed by atoms with Gasteiger partial charge in [-0.2, -0.15) is 0 Å². The van der Waals surface area contributed by atoms with E-state index in [0.717, 1.165) is 0 Å². The number of aromatic nitrogens is 3. The number of aryl methyl sites for hydroxylation is 1. The van der Waals surface area contributed by atoms with Crippen LogP contribution in [0, 0.1) is 6.92 Å². The normalized spacial score (nSPS) is 11.0. The molecule has 0 radical (unpaired) electrons. The van der Waals surface area contributed by atoms with Crippen molar-refractivity contribution in [1.82, 2.24) is 19.6 Å². The summed E-state index contributed by atoms with van der Waals surface area (Å²) < 4.78 is 8.13. The van der Waals surface area contributed by atoms with Gasteiger partial charge in [-0.15, -0.1) is 5.10 Å². The maximum Gasteiger partial charge on any atom is 0.350 e. The van der Waals surface area contributed by atoms with E-state index in [1.165, 1.54) is 9.08 Å². The van der Waals surface area contributed by atoms with Gasteiger partial charge in [-0.05, 0) is 25.1 Å². The molecule has 8 nitrogen and oxygen atoms in total. The van der Waals surface area contributed by atoms with Crippen molar-refractivity contribution in [1.29, 1.82) is 0 Å². The van der Waals surface area contributed by atoms with Crippen LogP contribution in [-0.2, 0) is 6.54 Å². The maximum atomic E-state index is 12.1. The van der Waals surface area contributed by atoms with Gasteiger partial charge >= 0.3 is 11.6 Å². The number of fused-ring (bicyclic) bond motifs is 1. The van der Waals surface area contributed by atoms with Crippen LogP contribution >= 0.6 is 0 Å². The fraction of sp³-hybridized carbons (Fsp3) is 0.154. The Bertz CT molecular complexity index is 873. The minimum absolute atomic E-state index is 0.129. The van der Waals surface area contributed by atoms with Gasteiger partial charge in [0.15, 0.2) is 11.4 Å². The standard InChI is InChI=1S/C13H13N5O3/c1-8-6-9(21-11(8)12(19)15-14)7-18-13(20)17-5-3-2-4-10(17)16-18/h2-6H,7,14H2,1H3,(H,15,19). The highest BCUT2D eigenvalue weighted by molar-refractivity contribution is 5.92. The molecule has 0 fully saturated rings. The highest BCUT2D eigenvalue weighted by atomic mass is 16.4. The van der Waals surface area contributed by atoms with Crippen LogP contribution in [0.3, 0.4) is 0 Å². The van der Waals surface area contributed by atoms with Crippen molar-refractivity contribution in [3.8, 4) is 0 Å². The summed E-state index contributed by atoms with van der Waals surface area (Å²) in [5, 5.41) is 4.19. The van der Waals surface area contributed by atoms with Crippen LogP contribution in [0.1, 0.15) is 21.9 Å². The summed E-state index contributed by atoms with van der Waals surface area (Å²) in [5.74, 6) is 5.15. The third-order valence-electron chi connectivity index (χ3n) is 3.10. The topological polar surface area (TPSA) is 108 Å². The molecule has 0 bridgehead atoms. The number of nitrogens with zero attached hydrogens (tertiary/aromatic N) is 3. The minimum Gasteiger partial charge on any atom is -0.454 e. The Morgan fingerprint density at radius 2 is 2.29 bits per heavy atom. The lowest BCUT2D eigenvalue weighted by atomic mass is 10.2. The summed E-state index contributed by atoms with van der Waals surface area (Å²) in [4.78, 5) is 23.6. The number of nitrogens with one attached hydrogen (secondary N) is 1. The van der Waals surface area contributed by atoms with Crippen LogP contribution in [0.5, 0.6) is 0 Å². The van der Waals surface area contributed by atoms with Crippen molar-refractivity contribution in [3.05, 3.63) is 58.0 Å². The fourth-order valence-corrected chi connectivity index (χ4v) is 2.14. The molecule has 0 aromatic carbocycles. The van der Waals surface area contributed by atoms with E-state index in [4.69, 9.17) is 10.3 Å². The van der Waals surface area contributed by atoms with Crippen molar-refractivity contribution in [2.24, 2.45) is 5.84 Å². The zero-order chi connectivity index (χ0) is 15.0. The third kappa shape index (κ3) is 2.21. The molecule has 0 atom stereocenters. The van der Waals surface area contributed by atoms with Gasteiger partial charge in [-0.3, -0.25) is 14.6 Å². The number of furan rings is 1. The summed E-state index contributed by atoms with van der Waals surface area (Å²) in [6, 6.07) is 6.97. The highest BCUT2D eigenvalue weighted by Crippen LogP contribution is 2.15.